The lowest BCUT2D eigenvalue weighted by Crippen LogP contribution is -2.59. The van der Waals surface area contributed by atoms with Crippen LogP contribution in [-0.4, -0.2) is 107 Å². The molecule has 2 amide bonds. The molecule has 7 aliphatic rings. The fraction of sp³-hybridized carbons (Fsp3) is 0.863. The second-order valence-electron chi connectivity index (χ2n) is 45.2. The number of nitrogens with zero attached hydrogens (tertiary/aromatic N) is 9. The highest BCUT2D eigenvalue weighted by atomic mass is 32.1. The lowest BCUT2D eigenvalue weighted by atomic mass is 9.56. The molecule has 3 aliphatic heterocycles. The molecule has 4 aromatic rings. The number of aryl methyl sites for hydroxylation is 6. The van der Waals surface area contributed by atoms with Gasteiger partial charge in [0.05, 0.1) is 33.4 Å². The fourth-order valence-corrected chi connectivity index (χ4v) is 15.5. The summed E-state index contributed by atoms with van der Waals surface area (Å²) in [6, 6.07) is 2.66. The number of carbonyl (C=O) groups excluding carboxylic acids is 1. The highest BCUT2D eigenvalue weighted by molar-refractivity contribution is 7.12. The summed E-state index contributed by atoms with van der Waals surface area (Å²) in [7, 11) is 5.83. The number of thiazole rings is 2. The largest absolute Gasteiger partial charge is 0.381 e. The fourth-order valence-electron chi connectivity index (χ4n) is 13.7. The number of imidazole rings is 1. The van der Waals surface area contributed by atoms with Gasteiger partial charge in [-0.3, -0.25) is 9.58 Å². The zero-order valence-electron chi connectivity index (χ0n) is 79.6. The van der Waals surface area contributed by atoms with Gasteiger partial charge in [0.2, 0.25) is 0 Å². The van der Waals surface area contributed by atoms with Crippen LogP contribution in [-0.2, 0) is 40.5 Å². The molecule has 7 fully saturated rings. The quantitative estimate of drug-likeness (QED) is 0.173. The third-order valence-electron chi connectivity index (χ3n) is 23.6. The number of amides is 2. The molecule has 630 valence electrons. The molecule has 3 saturated heterocycles. The van der Waals surface area contributed by atoms with Crippen LogP contribution in [0.4, 0.5) is 4.79 Å². The smallest absolute Gasteiger partial charge is 0.320 e. The lowest BCUT2D eigenvalue weighted by Gasteiger charge is -2.49. The summed E-state index contributed by atoms with van der Waals surface area (Å²) < 4.78 is 9.18. The SMILES string of the molecule is CC(C)(C)C1(C)CCC1.CC(C)(C)C1CC1.CC(C)(C)C1CCC1.CC(C)(C)C1CCCCC1.CC(C)(C)C1CCOCC1.CC(C)(C)N1CCCC1.C[C@H]1CCN(C)C(=O)N1C(C)(C)C.Cc1cc(C(C)(C)C)nn1C.Cc1cnc(C(C)(C)C)s1.Cc1nc(C(C)(C)C)sc1C.Cn1cnc(C(C)(C)C)c1. The summed E-state index contributed by atoms with van der Waals surface area (Å²) in [5, 5.41) is 6.87. The van der Waals surface area contributed by atoms with E-state index >= 15 is 0 Å². The first-order chi connectivity index (χ1) is 48.6. The maximum absolute atomic E-state index is 11.8. The van der Waals surface area contributed by atoms with Crippen molar-refractivity contribution in [3.05, 3.63) is 67.3 Å². The normalized spacial score (nSPS) is 19.2. The molecule has 0 spiro atoms. The summed E-state index contributed by atoms with van der Waals surface area (Å²) in [5.41, 5.74) is 9.31. The summed E-state index contributed by atoms with van der Waals surface area (Å²) in [5.74, 6) is 3.96. The van der Waals surface area contributed by atoms with Gasteiger partial charge in [0.1, 0.15) is 0 Å². The number of aromatic nitrogens is 6. The summed E-state index contributed by atoms with van der Waals surface area (Å²) in [6.45, 7) is 92.8. The minimum absolute atomic E-state index is 0.0643. The average Bonchev–Trinajstić information content (AvgIpc) is 1.33. The van der Waals surface area contributed by atoms with Crippen molar-refractivity contribution >= 4 is 28.7 Å². The van der Waals surface area contributed by atoms with Gasteiger partial charge >= 0.3 is 6.03 Å². The van der Waals surface area contributed by atoms with E-state index in [1.807, 2.05) is 59.2 Å². The molecule has 0 bridgehead atoms. The number of carbonyl (C=O) groups is 1. The van der Waals surface area contributed by atoms with Crippen molar-refractivity contribution in [3.8, 4) is 0 Å². The van der Waals surface area contributed by atoms with Gasteiger partial charge in [0.25, 0.3) is 0 Å². The summed E-state index contributed by atoms with van der Waals surface area (Å²) in [6.07, 6.45) is 31.3. The van der Waals surface area contributed by atoms with Crippen LogP contribution in [0, 0.1) is 83.9 Å². The van der Waals surface area contributed by atoms with E-state index in [2.05, 4.69) is 307 Å². The van der Waals surface area contributed by atoms with Gasteiger partial charge in [0, 0.05) is 108 Å². The highest BCUT2D eigenvalue weighted by Crippen LogP contribution is 2.53. The molecule has 108 heavy (non-hydrogen) atoms. The zero-order chi connectivity index (χ0) is 84.0. The highest BCUT2D eigenvalue weighted by Gasteiger charge is 2.42. The van der Waals surface area contributed by atoms with Crippen molar-refractivity contribution in [2.24, 2.45) is 70.3 Å². The first-order valence-electron chi connectivity index (χ1n) is 42.9. The molecular weight excluding hydrogens is 1360 g/mol. The predicted octanol–water partition coefficient (Wildman–Crippen LogP) is 27.9. The molecule has 4 saturated carbocycles. The Morgan fingerprint density at radius 3 is 1.10 bits per heavy atom. The molecular formula is C95H181N9O2S2. The Bertz CT molecular complexity index is 2910. The minimum Gasteiger partial charge on any atom is -0.381 e. The second-order valence-corrected chi connectivity index (χ2v) is 47.6. The number of ether oxygens (including phenoxy) is 1. The van der Waals surface area contributed by atoms with Gasteiger partial charge in [-0.15, -0.1) is 22.7 Å². The van der Waals surface area contributed by atoms with Crippen molar-refractivity contribution in [1.29, 1.82) is 0 Å². The average molecular weight is 1550 g/mol. The van der Waals surface area contributed by atoms with Gasteiger partial charge in [-0.05, 0) is 235 Å². The molecule has 11 rings (SSSR count). The van der Waals surface area contributed by atoms with Gasteiger partial charge in [-0.25, -0.2) is 19.7 Å². The molecule has 0 radical (unpaired) electrons. The number of urea groups is 1. The van der Waals surface area contributed by atoms with Crippen LogP contribution in [0.2, 0.25) is 0 Å². The van der Waals surface area contributed by atoms with Crippen molar-refractivity contribution in [2.45, 2.75) is 424 Å². The van der Waals surface area contributed by atoms with E-state index in [4.69, 9.17) is 4.74 Å². The molecule has 1 atom stereocenters. The maximum atomic E-state index is 11.8. The Kier molecular flexibility index (Phi) is 41.0. The lowest BCUT2D eigenvalue weighted by molar-refractivity contribution is 0.0176. The molecule has 0 unspecified atom stereocenters. The van der Waals surface area contributed by atoms with Gasteiger partial charge in [0.15, 0.2) is 0 Å². The molecule has 7 heterocycles. The van der Waals surface area contributed by atoms with Crippen LogP contribution in [0.1, 0.15) is 400 Å². The van der Waals surface area contributed by atoms with Crippen molar-refractivity contribution < 1.29 is 9.53 Å². The monoisotopic (exact) mass is 1540 g/mol. The third-order valence-corrected chi connectivity index (χ3v) is 26.4. The number of rotatable bonds is 0. The maximum Gasteiger partial charge on any atom is 0.320 e. The van der Waals surface area contributed by atoms with Gasteiger partial charge < -0.3 is 19.1 Å². The Hall–Kier alpha value is -3.13. The molecule has 11 nitrogen and oxygen atoms in total. The number of hydrogen-bond donors (Lipinski definition) is 0. The van der Waals surface area contributed by atoms with E-state index in [9.17, 15) is 4.79 Å². The molecule has 0 N–H and O–H groups in total. The minimum atomic E-state index is -0.0643. The predicted molar refractivity (Wildman–Crippen MR) is 478 cm³/mol. The Labute approximate surface area is 679 Å². The first-order valence-corrected chi connectivity index (χ1v) is 44.5. The van der Waals surface area contributed by atoms with E-state index in [1.54, 1.807) is 16.2 Å². The standard InChI is InChI=1S/C10H20N2O.C10H20.C9H16N2.C9H15NS.C9H18O.C9H18.C8H14N2.C8H13NS.C8H17N.C8H16.C7H14/c1-8-6-7-11(5)9(13)12(8)10(2,3)4;1-10(2,3)9-7-5-4-6-8-9;1-7-6-8(9(2,3)4)10-11(7)5;1-6-7(2)11-8(10-6)9(3,4)5;1-9(2,3)8-4-6-10-7-5-8;1-8(2,3)9(4)6-5-7-9;1-8(2,3)7-5-10(4)6-9-7;1-6-5-9-7(10-6)8(2,3)4;1-8(2,3)9-6-4-5-7-9;1-8(2,3)7-5-4-6-7;1-7(2,3)6-4-5-6/h8H,6-7H2,1-5H3;9H,4-8H2,1-3H3;6H,1-5H3;1-5H3;8H,4-7H2,1-3H3;5-7H2,1-4H3;5-6H,1-4H3;5H,1-4H3;4-7H2,1-3H3;7H,4-6H2,1-3H3;6H,4-5H2,1-3H3/t8-;;;;;;;;;;/m0........../s1. The number of hydrogen-bond acceptors (Lipinski definition) is 9. The Morgan fingerprint density at radius 2 is 0.907 bits per heavy atom. The topological polar surface area (TPSA) is 97.4 Å². The van der Waals surface area contributed by atoms with E-state index in [0.717, 1.165) is 61.2 Å². The first kappa shape index (κ1) is 103. The molecule has 0 aromatic carbocycles. The Morgan fingerprint density at radius 1 is 0.472 bits per heavy atom. The number of likely N-dealkylation sites (tertiary alicyclic amines) is 1. The molecule has 4 aromatic heterocycles. The van der Waals surface area contributed by atoms with E-state index in [-0.39, 0.29) is 33.2 Å². The van der Waals surface area contributed by atoms with E-state index < -0.39 is 0 Å². The molecule has 13 heteroatoms. The van der Waals surface area contributed by atoms with Crippen LogP contribution < -0.4 is 0 Å². The van der Waals surface area contributed by atoms with Crippen LogP contribution >= 0.6 is 22.7 Å². The van der Waals surface area contributed by atoms with Crippen LogP contribution in [0.15, 0.2) is 24.8 Å². The van der Waals surface area contributed by atoms with E-state index in [1.165, 1.54) is 153 Å². The van der Waals surface area contributed by atoms with Crippen molar-refractivity contribution in [1.82, 2.24) is 44.0 Å². The zero-order valence-corrected chi connectivity index (χ0v) is 81.3. The van der Waals surface area contributed by atoms with Gasteiger partial charge in [-0.2, -0.15) is 5.10 Å². The molecule has 4 aliphatic carbocycles. The van der Waals surface area contributed by atoms with Crippen LogP contribution in [0.25, 0.3) is 0 Å². The van der Waals surface area contributed by atoms with Crippen LogP contribution in [0.3, 0.4) is 0 Å². The van der Waals surface area contributed by atoms with E-state index in [0.29, 0.717) is 44.1 Å². The van der Waals surface area contributed by atoms with Crippen LogP contribution in [0.5, 0.6) is 0 Å². The second kappa shape index (κ2) is 43.0. The summed E-state index contributed by atoms with van der Waals surface area (Å²) >= 11 is 3.59. The van der Waals surface area contributed by atoms with Gasteiger partial charge in [-0.1, -0.05) is 226 Å². The van der Waals surface area contributed by atoms with Crippen molar-refractivity contribution in [2.75, 3.05) is 39.9 Å². The summed E-state index contributed by atoms with van der Waals surface area (Å²) in [4.78, 5) is 33.8. The van der Waals surface area contributed by atoms with Crippen molar-refractivity contribution in [3.63, 3.8) is 0 Å². The third kappa shape index (κ3) is 39.3. The Balaban J connectivity index is 0.000000596.